The van der Waals surface area contributed by atoms with Crippen LogP contribution in [0.15, 0.2) is 17.8 Å². The van der Waals surface area contributed by atoms with E-state index in [0.29, 0.717) is 18.4 Å². The van der Waals surface area contributed by atoms with E-state index in [9.17, 15) is 9.59 Å². The topological polar surface area (TPSA) is 156 Å². The van der Waals surface area contributed by atoms with Crippen molar-refractivity contribution in [2.24, 2.45) is 17.0 Å². The zero-order valence-corrected chi connectivity index (χ0v) is 72.4. The van der Waals surface area contributed by atoms with Crippen molar-refractivity contribution in [3.8, 4) is 11.8 Å². The minimum Gasteiger partial charge on any atom is -0.362 e. The maximum Gasteiger partial charge on any atom is 0.246 e. The number of ether oxygens (including phenoxy) is 2. The van der Waals surface area contributed by atoms with Crippen molar-refractivity contribution >= 4 is 78.9 Å². The summed E-state index contributed by atoms with van der Waals surface area (Å²) in [5.74, 6) is 9.28. The summed E-state index contributed by atoms with van der Waals surface area (Å²) in [6, 6.07) is 0. The number of unbranched alkanes of at least 4 members (excludes halogenated alkanes) is 34. The first-order valence-corrected chi connectivity index (χ1v) is 45.8. The van der Waals surface area contributed by atoms with Gasteiger partial charge in [-0.25, -0.2) is 4.68 Å². The number of hydrogen-bond acceptors (Lipinski definition) is 7. The van der Waals surface area contributed by atoms with E-state index in [0.717, 1.165) is 82.0 Å². The van der Waals surface area contributed by atoms with Crippen LogP contribution >= 0.6 is 23.2 Å². The zero-order valence-electron chi connectivity index (χ0n) is 68.7. The smallest absolute Gasteiger partial charge is 0.246 e. The van der Waals surface area contributed by atoms with Gasteiger partial charge in [-0.1, -0.05) is 380 Å². The minimum atomic E-state index is -0.103. The summed E-state index contributed by atoms with van der Waals surface area (Å²) < 4.78 is 13.8. The summed E-state index contributed by atoms with van der Waals surface area (Å²) in [5, 5.41) is 18.6. The quantitative estimate of drug-likeness (QED) is 0.00967. The molecular formula is C92H194Cl2Fe2N8O4Si4. The first-order valence-electron chi connectivity index (χ1n) is 44.8. The minimum absolute atomic E-state index is 0. The van der Waals surface area contributed by atoms with Gasteiger partial charge >= 0.3 is 0 Å². The van der Waals surface area contributed by atoms with Crippen molar-refractivity contribution in [2.45, 2.75) is 486 Å². The first-order chi connectivity index (χ1) is 50.9. The Morgan fingerprint density at radius 2 is 0.830 bits per heavy atom. The largest absolute Gasteiger partial charge is 0.362 e. The Morgan fingerprint density at radius 3 is 1.23 bits per heavy atom. The molecule has 0 spiro atoms. The summed E-state index contributed by atoms with van der Waals surface area (Å²) in [6.07, 6.45) is 89.2. The number of nitrogens with zero attached hydrogens (tertiary/aromatic N) is 6. The van der Waals surface area contributed by atoms with E-state index in [4.69, 9.17) is 38.2 Å². The van der Waals surface area contributed by atoms with E-state index in [2.05, 4.69) is 74.8 Å². The van der Waals surface area contributed by atoms with Crippen molar-refractivity contribution in [2.75, 3.05) is 44.6 Å². The Labute approximate surface area is 745 Å². The number of carbonyl (C=O) groups is 2. The van der Waals surface area contributed by atoms with Gasteiger partial charge in [-0.15, -0.1) is 40.8 Å². The molecule has 7 rings (SSSR count). The average Bonchev–Trinajstić information content (AvgIpc) is 1.67. The van der Waals surface area contributed by atoms with Gasteiger partial charge in [-0.3, -0.25) is 9.59 Å². The van der Waals surface area contributed by atoms with Crippen LogP contribution < -0.4 is 10.6 Å². The number of azide groups is 1. The van der Waals surface area contributed by atoms with Gasteiger partial charge in [0.05, 0.1) is 5.69 Å². The molecule has 2 N–H and O–H groups in total. The maximum atomic E-state index is 12.4. The molecule has 4 fully saturated rings. The first kappa shape index (κ1) is 129. The third kappa shape index (κ3) is 86.9. The standard InChI is InChI=1S/C28H50N4O2.C16H25NO2.C12H25Cl.C12H25N3.C11H21Cl.2C5H10.3CH4.2Fe.4H4Si/c1-2-3-4-5-6-7-8-9-10-16-21-32-25-19-12-11-13-20-26(28(25)30-31-32)34-23-27(33)29-22-24-17-14-15-18-24;18-16(17-12-14-8-6-7-9-14)13-19-15-10-4-2-1-3-5-11-15;1-2-3-4-5-6-7-8-9-10-11-12-13;1-2-3-4-5-6-7-8-9-10-11-12-14-15-13;1-2-3-4-5-6-7-8-9-10-11-12;2*1-2-4-5-3-1;;;;;;;;;/h24,26H,2-23H2,1H3,(H,29,33);14-15H,1-4,6-10,12-13H2,(H,17,18);2-12H2,1H3;2-12H2,1H3;2H,1,3-11H2;2*1-5H2;3*1H4;;;4*1H4. The van der Waals surface area contributed by atoms with Gasteiger partial charge < -0.3 is 20.1 Å². The summed E-state index contributed by atoms with van der Waals surface area (Å²) in [6.45, 7) is 14.0. The van der Waals surface area contributed by atoms with Crippen LogP contribution in [0.2, 0.25) is 0 Å². The molecule has 672 valence electrons. The Kier molecular flexibility index (Phi) is 122. The molecule has 1 heterocycles. The van der Waals surface area contributed by atoms with E-state index in [1.165, 1.54) is 385 Å². The van der Waals surface area contributed by atoms with Gasteiger partial charge in [0.25, 0.3) is 0 Å². The van der Waals surface area contributed by atoms with Crippen LogP contribution in [0.3, 0.4) is 0 Å². The fourth-order valence-corrected chi connectivity index (χ4v) is 15.1. The molecule has 4 saturated carbocycles. The molecule has 6 aliphatic rings. The van der Waals surface area contributed by atoms with Gasteiger partial charge in [-0.05, 0) is 164 Å². The van der Waals surface area contributed by atoms with Crippen LogP contribution in [0.5, 0.6) is 0 Å². The van der Waals surface area contributed by atoms with Crippen LogP contribution in [0.1, 0.15) is 478 Å². The second-order valence-corrected chi connectivity index (χ2v) is 31.9. The third-order valence-corrected chi connectivity index (χ3v) is 22.0. The number of aryl methyl sites for hydroxylation is 1. The average molecular weight is 1770 g/mol. The number of halogens is 2. The fourth-order valence-electron chi connectivity index (χ4n) is 14.7. The van der Waals surface area contributed by atoms with Crippen LogP contribution in [0.25, 0.3) is 10.4 Å². The van der Waals surface area contributed by atoms with Gasteiger partial charge in [0.1, 0.15) is 31.1 Å². The zero-order chi connectivity index (χ0) is 74.3. The van der Waals surface area contributed by atoms with Crippen molar-refractivity contribution in [3.63, 3.8) is 0 Å². The van der Waals surface area contributed by atoms with E-state index in [1.807, 2.05) is 6.08 Å². The van der Waals surface area contributed by atoms with Gasteiger partial charge in [-0.2, -0.15) is 0 Å². The Morgan fingerprint density at radius 1 is 0.482 bits per heavy atom. The number of rotatable bonds is 51. The molecule has 112 heavy (non-hydrogen) atoms. The number of carbonyl (C=O) groups excluding carboxylic acids is 2. The number of amides is 2. The van der Waals surface area contributed by atoms with E-state index < -0.39 is 0 Å². The van der Waals surface area contributed by atoms with Crippen LogP contribution in [0, 0.1) is 23.7 Å². The van der Waals surface area contributed by atoms with Crippen molar-refractivity contribution in [3.05, 3.63) is 34.5 Å². The number of alkyl halides is 2. The molecular weight excluding hydrogens is 1580 g/mol. The Bertz CT molecular complexity index is 2080. The molecule has 20 heteroatoms. The summed E-state index contributed by atoms with van der Waals surface area (Å²) >= 11 is 11.2. The second kappa shape index (κ2) is 106. The van der Waals surface area contributed by atoms with Crippen LogP contribution in [0.4, 0.5) is 0 Å². The number of nitrogens with one attached hydrogen (secondary N) is 2. The van der Waals surface area contributed by atoms with E-state index in [-0.39, 0.29) is 138 Å². The number of aromatic nitrogens is 3. The molecule has 1 aromatic heterocycles. The fraction of sp³-hybridized carbons (Fsp3) is 0.913. The third-order valence-electron chi connectivity index (χ3n) is 21.5. The monoisotopic (exact) mass is 1770 g/mol. The molecule has 0 radical (unpaired) electrons. The second-order valence-electron chi connectivity index (χ2n) is 31.1. The van der Waals surface area contributed by atoms with Crippen molar-refractivity contribution in [1.82, 2.24) is 25.6 Å². The van der Waals surface area contributed by atoms with Gasteiger partial charge in [0.15, 0.2) is 0 Å². The van der Waals surface area contributed by atoms with Crippen LogP contribution in [-0.2, 0) is 66.2 Å². The maximum absolute atomic E-state index is 12.4. The van der Waals surface area contributed by atoms with Gasteiger partial charge in [0, 0.05) is 83.4 Å². The van der Waals surface area contributed by atoms with Crippen molar-refractivity contribution in [1.29, 1.82) is 0 Å². The molecule has 12 nitrogen and oxygen atoms in total. The molecule has 6 aliphatic carbocycles. The van der Waals surface area contributed by atoms with Gasteiger partial charge in [0.2, 0.25) is 11.8 Å². The molecule has 0 aromatic carbocycles. The molecule has 2 unspecified atom stereocenters. The Hall–Kier alpha value is -0.904. The molecule has 0 aliphatic heterocycles. The SMILES string of the molecule is C.C.C.C1CCCC1.C1CCCC1.C=CCCCCCCCCCCl.CCCCCCCCCCCCCl.CCCCCCCCCCCCN=[N+]=[N-].CCCCCCCCCCCCn1nnc2c1CCCCCC2OCC(=O)NCC1CCCC1.O=C(COC1C#CCCCCC1)NCC1CCCC1.[Fe].[Fe].[SiH4].[SiH4].[SiH4].[SiH4]. The summed E-state index contributed by atoms with van der Waals surface area (Å²) in [7, 11) is 0. The molecule has 2 atom stereocenters. The number of allylic oxidation sites excluding steroid dienone is 1. The number of hydrogen-bond donors (Lipinski definition) is 2. The van der Waals surface area contributed by atoms with E-state index in [1.54, 1.807) is 0 Å². The van der Waals surface area contributed by atoms with Crippen molar-refractivity contribution < 1.29 is 53.2 Å². The van der Waals surface area contributed by atoms with E-state index >= 15 is 0 Å². The number of fused-ring (bicyclic) bond motifs is 1. The normalized spacial score (nSPS) is 15.7. The predicted octanol–water partition coefficient (Wildman–Crippen LogP) is 24.2. The predicted molar refractivity (Wildman–Crippen MR) is 511 cm³/mol. The molecule has 2 amide bonds. The summed E-state index contributed by atoms with van der Waals surface area (Å²) in [5.41, 5.74) is 10.3. The summed E-state index contributed by atoms with van der Waals surface area (Å²) in [4.78, 5) is 26.8. The molecule has 0 saturated heterocycles. The Balaban J connectivity index is -0.000000169. The van der Waals surface area contributed by atoms with Crippen LogP contribution in [-0.4, -0.2) is 121 Å². The molecule has 1 aromatic rings. The molecule has 0 bridgehead atoms.